The smallest absolute Gasteiger partial charge is 0.125 e. The summed E-state index contributed by atoms with van der Waals surface area (Å²) >= 11 is 0. The van der Waals surface area contributed by atoms with Gasteiger partial charge in [0.2, 0.25) is 0 Å². The maximum absolute atomic E-state index is 3.65. The Morgan fingerprint density at radius 2 is 1.45 bits per heavy atom. The second-order valence-electron chi connectivity index (χ2n) is 3.10. The average Bonchev–Trinajstić information content (AvgIpc) is 2.08. The summed E-state index contributed by atoms with van der Waals surface area (Å²) in [7, 11) is -1.04. The first-order valence-electron chi connectivity index (χ1n) is 4.84. The predicted octanol–water partition coefficient (Wildman–Crippen LogP) is 3.15. The highest BCUT2D eigenvalue weighted by Crippen LogP contribution is 2.16. The number of hydrogen-bond acceptors (Lipinski definition) is 1. The minimum atomic E-state index is -1.04. The van der Waals surface area contributed by atoms with Gasteiger partial charge in [0, 0.05) is 6.54 Å². The van der Waals surface area contributed by atoms with Crippen LogP contribution in [0.3, 0.4) is 0 Å². The van der Waals surface area contributed by atoms with Crippen LogP contribution in [0.4, 0.5) is 0 Å². The largest absolute Gasteiger partial charge is 0.333 e. The van der Waals surface area contributed by atoms with E-state index in [2.05, 4.69) is 39.2 Å². The monoisotopic (exact) mass is 172 g/mol. The molecule has 1 nitrogen and oxygen atoms in total. The van der Waals surface area contributed by atoms with Crippen LogP contribution in [-0.2, 0) is 0 Å². The molecular weight excluding hydrogens is 150 g/mol. The normalized spacial score (nSPS) is 12.0. The highest BCUT2D eigenvalue weighted by molar-refractivity contribution is 6.77. The lowest BCUT2D eigenvalue weighted by molar-refractivity contribution is 0.925. The van der Waals surface area contributed by atoms with Gasteiger partial charge in [0.25, 0.3) is 0 Å². The van der Waals surface area contributed by atoms with Crippen molar-refractivity contribution in [2.24, 2.45) is 0 Å². The van der Waals surface area contributed by atoms with Crippen LogP contribution in [0.2, 0.25) is 18.1 Å². The van der Waals surface area contributed by atoms with Gasteiger partial charge in [-0.05, 0) is 24.6 Å². The van der Waals surface area contributed by atoms with Gasteiger partial charge in [0.15, 0.2) is 0 Å². The lowest BCUT2D eigenvalue weighted by atomic mass is 10.5. The molecule has 1 N–H and O–H groups in total. The Kier molecular flexibility index (Phi) is 5.87. The fraction of sp³-hybridized carbons (Fsp3) is 0.889. The van der Waals surface area contributed by atoms with Crippen molar-refractivity contribution in [3.05, 3.63) is 6.54 Å². The first kappa shape index (κ1) is 11.2. The van der Waals surface area contributed by atoms with Gasteiger partial charge < -0.3 is 4.98 Å². The Morgan fingerprint density at radius 1 is 1.00 bits per heavy atom. The van der Waals surface area contributed by atoms with Crippen molar-refractivity contribution in [3.8, 4) is 0 Å². The van der Waals surface area contributed by atoms with E-state index in [-0.39, 0.29) is 0 Å². The molecule has 0 aliphatic heterocycles. The summed E-state index contributed by atoms with van der Waals surface area (Å²) in [6, 6.07) is 4.07. The van der Waals surface area contributed by atoms with Gasteiger partial charge in [-0.2, -0.15) is 0 Å². The second-order valence-corrected chi connectivity index (χ2v) is 8.07. The van der Waals surface area contributed by atoms with Crippen LogP contribution in [0, 0.1) is 6.54 Å². The molecule has 0 aliphatic carbocycles. The average molecular weight is 172 g/mol. The minimum absolute atomic E-state index is 1.04. The van der Waals surface area contributed by atoms with E-state index in [4.69, 9.17) is 0 Å². The Hall–Kier alpha value is 0.177. The van der Waals surface area contributed by atoms with Crippen LogP contribution < -0.4 is 4.98 Å². The molecule has 0 saturated heterocycles. The minimum Gasteiger partial charge on any atom is -0.333 e. The molecule has 0 aromatic rings. The molecule has 0 aromatic carbocycles. The van der Waals surface area contributed by atoms with Gasteiger partial charge in [0.1, 0.15) is 8.24 Å². The molecule has 0 rings (SSSR count). The van der Waals surface area contributed by atoms with Crippen LogP contribution >= 0.6 is 0 Å². The molecular formula is C9H22NSi. The van der Waals surface area contributed by atoms with Crippen LogP contribution in [-0.4, -0.2) is 8.24 Å². The first-order chi connectivity index (χ1) is 5.24. The second kappa shape index (κ2) is 5.78. The van der Waals surface area contributed by atoms with E-state index in [1.165, 1.54) is 18.1 Å². The van der Waals surface area contributed by atoms with E-state index in [9.17, 15) is 0 Å². The van der Waals surface area contributed by atoms with Crippen LogP contribution in [0.15, 0.2) is 0 Å². The quantitative estimate of drug-likeness (QED) is 0.607. The molecule has 0 aromatic heterocycles. The summed E-state index contributed by atoms with van der Waals surface area (Å²) in [5.41, 5.74) is 0. The van der Waals surface area contributed by atoms with E-state index in [1.54, 1.807) is 0 Å². The molecule has 0 atom stereocenters. The van der Waals surface area contributed by atoms with Gasteiger partial charge in [-0.3, -0.25) is 0 Å². The fourth-order valence-corrected chi connectivity index (χ4v) is 4.12. The van der Waals surface area contributed by atoms with E-state index in [0.29, 0.717) is 0 Å². The predicted molar refractivity (Wildman–Crippen MR) is 54.9 cm³/mol. The van der Waals surface area contributed by atoms with Gasteiger partial charge >= 0.3 is 0 Å². The molecule has 2 heteroatoms. The molecule has 0 unspecified atom stereocenters. The van der Waals surface area contributed by atoms with E-state index >= 15 is 0 Å². The summed E-state index contributed by atoms with van der Waals surface area (Å²) in [6.45, 7) is 11.4. The van der Waals surface area contributed by atoms with Gasteiger partial charge in [-0.15, -0.1) is 0 Å². The molecule has 1 radical (unpaired) electrons. The van der Waals surface area contributed by atoms with Gasteiger partial charge in [0.05, 0.1) is 0 Å². The van der Waals surface area contributed by atoms with Gasteiger partial charge in [-0.25, -0.2) is 0 Å². The van der Waals surface area contributed by atoms with Crippen LogP contribution in [0.5, 0.6) is 0 Å². The molecule has 0 bridgehead atoms. The Labute approximate surface area is 72.7 Å². The third kappa shape index (κ3) is 3.39. The zero-order valence-corrected chi connectivity index (χ0v) is 9.41. The summed E-state index contributed by atoms with van der Waals surface area (Å²) < 4.78 is 0. The van der Waals surface area contributed by atoms with Crippen molar-refractivity contribution < 1.29 is 0 Å². The van der Waals surface area contributed by atoms with E-state index in [0.717, 1.165) is 6.42 Å². The first-order valence-corrected chi connectivity index (χ1v) is 7.46. The molecule has 0 amide bonds. The Balaban J connectivity index is 3.84. The Morgan fingerprint density at radius 3 is 1.73 bits per heavy atom. The zero-order valence-electron chi connectivity index (χ0n) is 8.41. The molecule has 11 heavy (non-hydrogen) atoms. The number of rotatable bonds is 6. The summed E-state index contributed by atoms with van der Waals surface area (Å²) in [5.74, 6) is 0. The number of nitrogens with one attached hydrogen (secondary N) is 1. The summed E-state index contributed by atoms with van der Waals surface area (Å²) in [5, 5.41) is 0. The molecule has 0 aliphatic rings. The van der Waals surface area contributed by atoms with Crippen molar-refractivity contribution in [1.29, 1.82) is 0 Å². The third-order valence-electron chi connectivity index (χ3n) is 2.64. The van der Waals surface area contributed by atoms with Crippen molar-refractivity contribution in [2.45, 2.75) is 52.2 Å². The topological polar surface area (TPSA) is 12.0 Å². The molecule has 0 spiro atoms. The van der Waals surface area contributed by atoms with Gasteiger partial charge in [-0.1, -0.05) is 27.7 Å². The third-order valence-corrected chi connectivity index (χ3v) is 7.52. The SMILES string of the molecule is CC[CH]N[Si](CC)(CC)CC. The zero-order chi connectivity index (χ0) is 8.74. The van der Waals surface area contributed by atoms with Crippen molar-refractivity contribution in [2.75, 3.05) is 0 Å². The van der Waals surface area contributed by atoms with E-state index < -0.39 is 8.24 Å². The Bertz CT molecular complexity index is 81.3. The van der Waals surface area contributed by atoms with E-state index in [1.807, 2.05) is 0 Å². The van der Waals surface area contributed by atoms with Crippen LogP contribution in [0.1, 0.15) is 34.1 Å². The molecule has 0 heterocycles. The van der Waals surface area contributed by atoms with Crippen LogP contribution in [0.25, 0.3) is 0 Å². The maximum Gasteiger partial charge on any atom is 0.125 e. The molecule has 0 saturated carbocycles. The standard InChI is InChI=1S/C9H22NSi/c1-5-9-10-11(6-2,7-3)8-4/h9-10H,5-8H2,1-4H3. The van der Waals surface area contributed by atoms with Crippen molar-refractivity contribution in [1.82, 2.24) is 4.98 Å². The summed E-state index contributed by atoms with van der Waals surface area (Å²) in [4.78, 5) is 3.65. The number of hydrogen-bond donors (Lipinski definition) is 1. The van der Waals surface area contributed by atoms with Crippen molar-refractivity contribution in [3.63, 3.8) is 0 Å². The molecule has 0 fully saturated rings. The molecule has 67 valence electrons. The fourth-order valence-electron chi connectivity index (χ4n) is 1.37. The van der Waals surface area contributed by atoms with Crippen molar-refractivity contribution >= 4 is 8.24 Å². The highest BCUT2D eigenvalue weighted by Gasteiger charge is 2.25. The lowest BCUT2D eigenvalue weighted by Gasteiger charge is -2.28. The highest BCUT2D eigenvalue weighted by atomic mass is 28.3. The maximum atomic E-state index is 3.65. The summed E-state index contributed by atoms with van der Waals surface area (Å²) in [6.07, 6.45) is 1.15. The lowest BCUT2D eigenvalue weighted by Crippen LogP contribution is -2.47.